The van der Waals surface area contributed by atoms with E-state index in [9.17, 15) is 5.11 Å². The zero-order chi connectivity index (χ0) is 18.2. The summed E-state index contributed by atoms with van der Waals surface area (Å²) in [6.45, 7) is 7.63. The molecular weight excluding hydrogens is 441 g/mol. The largest absolute Gasteiger partial charge is 0.392 e. The van der Waals surface area contributed by atoms with E-state index in [0.29, 0.717) is 5.41 Å². The van der Waals surface area contributed by atoms with E-state index < -0.39 is 0 Å². The number of nitrogens with one attached hydrogen (secondary N) is 2. The van der Waals surface area contributed by atoms with Gasteiger partial charge in [-0.15, -0.1) is 24.0 Å². The van der Waals surface area contributed by atoms with Gasteiger partial charge in [0.15, 0.2) is 5.96 Å². The van der Waals surface area contributed by atoms with Gasteiger partial charge in [-0.3, -0.25) is 4.99 Å². The first-order valence-corrected chi connectivity index (χ1v) is 10.2. The maximum Gasteiger partial charge on any atom is 0.191 e. The summed E-state index contributed by atoms with van der Waals surface area (Å²) in [6.07, 6.45) is 10.4. The molecule has 2 aliphatic carbocycles. The van der Waals surface area contributed by atoms with Crippen molar-refractivity contribution in [2.45, 2.75) is 77.7 Å². The first-order valence-electron chi connectivity index (χ1n) is 10.2. The summed E-state index contributed by atoms with van der Waals surface area (Å²) in [7, 11) is 1.79. The van der Waals surface area contributed by atoms with Gasteiger partial charge in [0.05, 0.1) is 6.10 Å². The average molecular weight is 481 g/mol. The molecule has 2 fully saturated rings. The van der Waals surface area contributed by atoms with E-state index in [2.05, 4.69) is 24.5 Å². The molecule has 0 amide bonds. The first kappa shape index (κ1) is 24.0. The minimum atomic E-state index is -0.209. The molecule has 2 aliphatic rings. The van der Waals surface area contributed by atoms with Crippen LogP contribution in [0.4, 0.5) is 0 Å². The maximum atomic E-state index is 10.4. The maximum absolute atomic E-state index is 10.4. The number of aliphatic hydroxyl groups excluding tert-OH is 1. The van der Waals surface area contributed by atoms with Gasteiger partial charge >= 0.3 is 0 Å². The Hall–Kier alpha value is -0.0800. The van der Waals surface area contributed by atoms with Crippen LogP contribution >= 0.6 is 24.0 Å². The van der Waals surface area contributed by atoms with Crippen molar-refractivity contribution >= 4 is 29.9 Å². The molecular formula is C20H40IN3O2. The first-order chi connectivity index (χ1) is 12.0. The van der Waals surface area contributed by atoms with Crippen LogP contribution in [0.1, 0.15) is 71.6 Å². The van der Waals surface area contributed by atoms with Gasteiger partial charge in [-0.2, -0.15) is 0 Å². The van der Waals surface area contributed by atoms with E-state index in [1.54, 1.807) is 7.11 Å². The number of guanidine groups is 1. The van der Waals surface area contributed by atoms with Crippen LogP contribution < -0.4 is 10.6 Å². The molecule has 154 valence electrons. The standard InChI is InChI=1S/C20H39N3O2.HI/c1-4-21-18(22-15-19(2)10-6-5-9-17(19)24)23-16-20(13-14-25-3)11-7-8-12-20;/h17,24H,4-16H2,1-3H3,(H2,21,22,23);1H. The van der Waals surface area contributed by atoms with Crippen LogP contribution in [0.25, 0.3) is 0 Å². The molecule has 26 heavy (non-hydrogen) atoms. The number of ether oxygens (including phenoxy) is 1. The Labute approximate surface area is 177 Å². The Bertz CT molecular complexity index is 427. The summed E-state index contributed by atoms with van der Waals surface area (Å²) in [6, 6.07) is 0. The normalized spacial score (nSPS) is 28.5. The van der Waals surface area contributed by atoms with Crippen molar-refractivity contribution in [2.24, 2.45) is 15.8 Å². The minimum absolute atomic E-state index is 0. The number of halogens is 1. The Morgan fingerprint density at radius 2 is 1.85 bits per heavy atom. The van der Waals surface area contributed by atoms with Crippen LogP contribution in [0.3, 0.4) is 0 Å². The zero-order valence-electron chi connectivity index (χ0n) is 17.0. The molecule has 0 heterocycles. The molecule has 0 radical (unpaired) electrons. The van der Waals surface area contributed by atoms with E-state index >= 15 is 0 Å². The highest BCUT2D eigenvalue weighted by molar-refractivity contribution is 14.0. The second-order valence-corrected chi connectivity index (χ2v) is 8.41. The van der Waals surface area contributed by atoms with Crippen LogP contribution in [-0.4, -0.2) is 50.5 Å². The van der Waals surface area contributed by atoms with Crippen molar-refractivity contribution in [1.82, 2.24) is 10.6 Å². The van der Waals surface area contributed by atoms with Crippen molar-refractivity contribution in [3.8, 4) is 0 Å². The molecule has 6 heteroatoms. The van der Waals surface area contributed by atoms with Gasteiger partial charge in [-0.25, -0.2) is 0 Å². The van der Waals surface area contributed by atoms with Gasteiger partial charge in [-0.05, 0) is 44.4 Å². The molecule has 0 aromatic rings. The van der Waals surface area contributed by atoms with Crippen molar-refractivity contribution in [2.75, 3.05) is 33.4 Å². The van der Waals surface area contributed by atoms with E-state index in [-0.39, 0.29) is 35.5 Å². The SMILES string of the molecule is CCNC(=NCC1(CCOC)CCCC1)NCC1(C)CCCCC1O.I. The fourth-order valence-corrected chi connectivity index (χ4v) is 4.39. The van der Waals surface area contributed by atoms with Crippen molar-refractivity contribution in [1.29, 1.82) is 0 Å². The number of rotatable bonds is 8. The number of hydrogen-bond acceptors (Lipinski definition) is 3. The third-order valence-corrected chi connectivity index (χ3v) is 6.36. The highest BCUT2D eigenvalue weighted by Gasteiger charge is 2.36. The third kappa shape index (κ3) is 6.82. The summed E-state index contributed by atoms with van der Waals surface area (Å²) < 4.78 is 5.33. The number of methoxy groups -OCH3 is 1. The second-order valence-electron chi connectivity index (χ2n) is 8.41. The lowest BCUT2D eigenvalue weighted by atomic mass is 9.73. The fourth-order valence-electron chi connectivity index (χ4n) is 4.39. The number of aliphatic hydroxyl groups is 1. The molecule has 2 saturated carbocycles. The Morgan fingerprint density at radius 3 is 2.46 bits per heavy atom. The molecule has 0 spiro atoms. The van der Waals surface area contributed by atoms with E-state index in [1.807, 2.05) is 0 Å². The minimum Gasteiger partial charge on any atom is -0.392 e. The molecule has 0 aromatic carbocycles. The van der Waals surface area contributed by atoms with Crippen LogP contribution in [0.15, 0.2) is 4.99 Å². The van der Waals surface area contributed by atoms with Gasteiger partial charge in [-0.1, -0.05) is 32.6 Å². The Balaban J connectivity index is 0.00000338. The number of nitrogens with zero attached hydrogens (tertiary/aromatic N) is 1. The molecule has 0 aromatic heterocycles. The molecule has 0 bridgehead atoms. The predicted molar refractivity (Wildman–Crippen MR) is 119 cm³/mol. The zero-order valence-corrected chi connectivity index (χ0v) is 19.3. The van der Waals surface area contributed by atoms with Crippen LogP contribution in [0.2, 0.25) is 0 Å². The van der Waals surface area contributed by atoms with Crippen molar-refractivity contribution in [3.63, 3.8) is 0 Å². The van der Waals surface area contributed by atoms with E-state index in [0.717, 1.165) is 57.9 Å². The molecule has 2 unspecified atom stereocenters. The Kier molecular flexibility index (Phi) is 10.8. The highest BCUT2D eigenvalue weighted by atomic mass is 127. The fraction of sp³-hybridized carbons (Fsp3) is 0.950. The second kappa shape index (κ2) is 11.7. The van der Waals surface area contributed by atoms with Gasteiger partial charge in [0, 0.05) is 38.8 Å². The quantitative estimate of drug-likeness (QED) is 0.281. The summed E-state index contributed by atoms with van der Waals surface area (Å²) in [5.74, 6) is 0.894. The predicted octanol–water partition coefficient (Wildman–Crippen LogP) is 3.70. The molecule has 3 N–H and O–H groups in total. The van der Waals surface area contributed by atoms with E-state index in [4.69, 9.17) is 9.73 Å². The van der Waals surface area contributed by atoms with Gasteiger partial charge in [0.2, 0.25) is 0 Å². The van der Waals surface area contributed by atoms with Crippen LogP contribution in [0, 0.1) is 10.8 Å². The lowest BCUT2D eigenvalue weighted by Crippen LogP contribution is -2.48. The van der Waals surface area contributed by atoms with Crippen LogP contribution in [-0.2, 0) is 4.74 Å². The van der Waals surface area contributed by atoms with Gasteiger partial charge in [0.25, 0.3) is 0 Å². The smallest absolute Gasteiger partial charge is 0.191 e. The van der Waals surface area contributed by atoms with E-state index in [1.165, 1.54) is 32.1 Å². The summed E-state index contributed by atoms with van der Waals surface area (Å²) in [5.41, 5.74) is 0.266. The summed E-state index contributed by atoms with van der Waals surface area (Å²) in [5, 5.41) is 17.3. The van der Waals surface area contributed by atoms with Gasteiger partial charge < -0.3 is 20.5 Å². The van der Waals surface area contributed by atoms with Crippen LogP contribution in [0.5, 0.6) is 0 Å². The topological polar surface area (TPSA) is 65.9 Å². The molecule has 5 nitrogen and oxygen atoms in total. The summed E-state index contributed by atoms with van der Waals surface area (Å²) in [4.78, 5) is 4.92. The monoisotopic (exact) mass is 481 g/mol. The van der Waals surface area contributed by atoms with Crippen molar-refractivity contribution < 1.29 is 9.84 Å². The van der Waals surface area contributed by atoms with Gasteiger partial charge in [0.1, 0.15) is 0 Å². The molecule has 0 aliphatic heterocycles. The molecule has 2 atom stereocenters. The molecule has 2 rings (SSSR count). The lowest BCUT2D eigenvalue weighted by Gasteiger charge is -2.39. The number of aliphatic imine (C=N–C) groups is 1. The van der Waals surface area contributed by atoms with Crippen molar-refractivity contribution in [3.05, 3.63) is 0 Å². The number of hydrogen-bond donors (Lipinski definition) is 3. The Morgan fingerprint density at radius 1 is 1.15 bits per heavy atom. The molecule has 0 saturated heterocycles. The lowest BCUT2D eigenvalue weighted by molar-refractivity contribution is 0.00396. The highest BCUT2D eigenvalue weighted by Crippen LogP contribution is 2.41. The summed E-state index contributed by atoms with van der Waals surface area (Å²) >= 11 is 0. The average Bonchev–Trinajstić information content (AvgIpc) is 3.08. The third-order valence-electron chi connectivity index (χ3n) is 6.36.